The van der Waals surface area contributed by atoms with Crippen molar-refractivity contribution in [1.82, 2.24) is 0 Å². The topological polar surface area (TPSA) is 68.2 Å². The molecule has 6 nitrogen and oxygen atoms in total. The van der Waals surface area contributed by atoms with Gasteiger partial charge in [0.05, 0.1) is 25.7 Å². The average Bonchev–Trinajstić information content (AvgIpc) is 3.71. The molecule has 4 rings (SSSR count). The molecule has 1 unspecified atom stereocenters. The van der Waals surface area contributed by atoms with Gasteiger partial charge in [0.25, 0.3) is 0 Å². The number of aliphatic carboxylic acids is 1. The summed E-state index contributed by atoms with van der Waals surface area (Å²) in [6.07, 6.45) is 4.54. The molecule has 1 aliphatic carbocycles. The summed E-state index contributed by atoms with van der Waals surface area (Å²) in [4.78, 5) is 13.8. The van der Waals surface area contributed by atoms with Crippen molar-refractivity contribution < 1.29 is 24.1 Å². The lowest BCUT2D eigenvalue weighted by Gasteiger charge is -2.37. The zero-order valence-corrected chi connectivity index (χ0v) is 21.5. The molecule has 6 heteroatoms. The maximum Gasteiger partial charge on any atom is 0.303 e. The summed E-state index contributed by atoms with van der Waals surface area (Å²) in [5.41, 5.74) is 3.05. The molecule has 2 aromatic carbocycles. The minimum atomic E-state index is -0.729. The SMILES string of the molecule is COc1ccc(C(C)(C)OC)c(N2CCC(COc3cccc(C(CC(=O)O)C4CC4)c3)CC2)c1. The van der Waals surface area contributed by atoms with Gasteiger partial charge in [0.2, 0.25) is 0 Å². The van der Waals surface area contributed by atoms with E-state index in [9.17, 15) is 9.90 Å². The van der Waals surface area contributed by atoms with E-state index in [0.29, 0.717) is 18.4 Å². The zero-order valence-electron chi connectivity index (χ0n) is 21.5. The van der Waals surface area contributed by atoms with E-state index in [-0.39, 0.29) is 17.9 Å². The van der Waals surface area contributed by atoms with Crippen LogP contribution in [0.25, 0.3) is 0 Å². The third-order valence-electron chi connectivity index (χ3n) is 7.68. The van der Waals surface area contributed by atoms with E-state index in [1.807, 2.05) is 24.3 Å². The van der Waals surface area contributed by atoms with Crippen LogP contribution in [0.5, 0.6) is 11.5 Å². The number of hydrogen-bond donors (Lipinski definition) is 1. The molecule has 2 fully saturated rings. The fourth-order valence-electron chi connectivity index (χ4n) is 5.15. The molecule has 2 aliphatic rings. The highest BCUT2D eigenvalue weighted by molar-refractivity contribution is 5.68. The predicted molar refractivity (Wildman–Crippen MR) is 138 cm³/mol. The second-order valence-corrected chi connectivity index (χ2v) is 10.5. The normalized spacial score (nSPS) is 17.8. The number of nitrogens with zero attached hydrogens (tertiary/aromatic N) is 1. The summed E-state index contributed by atoms with van der Waals surface area (Å²) >= 11 is 0. The van der Waals surface area contributed by atoms with Gasteiger partial charge in [-0.15, -0.1) is 0 Å². The summed E-state index contributed by atoms with van der Waals surface area (Å²) in [5, 5.41) is 9.32. The quantitative estimate of drug-likeness (QED) is 0.435. The number of piperidine rings is 1. The van der Waals surface area contributed by atoms with Crippen molar-refractivity contribution in [2.24, 2.45) is 11.8 Å². The molecule has 1 heterocycles. The van der Waals surface area contributed by atoms with Gasteiger partial charge in [-0.3, -0.25) is 4.79 Å². The van der Waals surface area contributed by atoms with Crippen LogP contribution in [0.2, 0.25) is 0 Å². The molecule has 1 N–H and O–H groups in total. The molecule has 35 heavy (non-hydrogen) atoms. The van der Waals surface area contributed by atoms with Crippen LogP contribution in [0.3, 0.4) is 0 Å². The summed E-state index contributed by atoms with van der Waals surface area (Å²) in [6, 6.07) is 14.3. The van der Waals surface area contributed by atoms with Gasteiger partial charge < -0.3 is 24.2 Å². The van der Waals surface area contributed by atoms with Gasteiger partial charge in [0, 0.05) is 37.5 Å². The second kappa shape index (κ2) is 10.9. The Hall–Kier alpha value is -2.73. The molecule has 1 atom stereocenters. The van der Waals surface area contributed by atoms with Crippen molar-refractivity contribution in [2.75, 3.05) is 38.8 Å². The Bertz CT molecular complexity index is 1010. The molecule has 0 bridgehead atoms. The molecule has 0 amide bonds. The van der Waals surface area contributed by atoms with Crippen LogP contribution in [-0.4, -0.2) is 45.0 Å². The molecular formula is C29H39NO5. The molecule has 190 valence electrons. The van der Waals surface area contributed by atoms with E-state index in [1.54, 1.807) is 14.2 Å². The smallest absolute Gasteiger partial charge is 0.303 e. The van der Waals surface area contributed by atoms with E-state index in [4.69, 9.17) is 14.2 Å². The van der Waals surface area contributed by atoms with Gasteiger partial charge in [-0.1, -0.05) is 18.2 Å². The Balaban J connectivity index is 1.36. The molecule has 0 aromatic heterocycles. The third kappa shape index (κ3) is 6.29. The number of ether oxygens (including phenoxy) is 3. The van der Waals surface area contributed by atoms with Crippen molar-refractivity contribution in [3.05, 3.63) is 53.6 Å². The Labute approximate surface area is 209 Å². The first-order chi connectivity index (χ1) is 16.8. The number of benzene rings is 2. The van der Waals surface area contributed by atoms with Crippen molar-refractivity contribution in [3.8, 4) is 11.5 Å². The third-order valence-corrected chi connectivity index (χ3v) is 7.68. The first-order valence-electron chi connectivity index (χ1n) is 12.7. The van der Waals surface area contributed by atoms with Crippen LogP contribution >= 0.6 is 0 Å². The standard InChI is InChI=1S/C29H39NO5/c1-29(2,34-4)26-11-10-23(33-3)17-27(26)30-14-12-20(13-15-30)19-35-24-7-5-6-22(16-24)25(18-28(31)32)21-8-9-21/h5-7,10-11,16-17,20-21,25H,8-9,12-15,18-19H2,1-4H3,(H,31,32). The summed E-state index contributed by atoms with van der Waals surface area (Å²) in [6.45, 7) is 6.78. The lowest BCUT2D eigenvalue weighted by atomic mass is 9.91. The second-order valence-electron chi connectivity index (χ2n) is 10.5. The summed E-state index contributed by atoms with van der Waals surface area (Å²) in [7, 11) is 3.45. The fraction of sp³-hybridized carbons (Fsp3) is 0.552. The van der Waals surface area contributed by atoms with Crippen LogP contribution in [-0.2, 0) is 15.1 Å². The van der Waals surface area contributed by atoms with E-state index in [1.165, 1.54) is 11.3 Å². The van der Waals surface area contributed by atoms with Gasteiger partial charge >= 0.3 is 5.97 Å². The lowest BCUT2D eigenvalue weighted by Crippen LogP contribution is -2.37. The van der Waals surface area contributed by atoms with Crippen molar-refractivity contribution in [2.45, 2.75) is 57.5 Å². The first kappa shape index (κ1) is 25.4. The Morgan fingerprint density at radius 1 is 1.06 bits per heavy atom. The van der Waals surface area contributed by atoms with Crippen LogP contribution < -0.4 is 14.4 Å². The van der Waals surface area contributed by atoms with Gasteiger partial charge in [-0.25, -0.2) is 0 Å². The van der Waals surface area contributed by atoms with E-state index < -0.39 is 5.97 Å². The molecular weight excluding hydrogens is 442 g/mol. The molecule has 1 saturated heterocycles. The maximum atomic E-state index is 11.3. The van der Waals surface area contributed by atoms with Crippen LogP contribution in [0.15, 0.2) is 42.5 Å². The highest BCUT2D eigenvalue weighted by Gasteiger charge is 2.34. The van der Waals surface area contributed by atoms with Crippen LogP contribution in [0.1, 0.15) is 63.0 Å². The van der Waals surface area contributed by atoms with Gasteiger partial charge in [0.15, 0.2) is 0 Å². The minimum Gasteiger partial charge on any atom is -0.497 e. The molecule has 2 aromatic rings. The Morgan fingerprint density at radius 2 is 1.80 bits per heavy atom. The number of methoxy groups -OCH3 is 2. The summed E-state index contributed by atoms with van der Waals surface area (Å²) < 4.78 is 17.5. The predicted octanol–water partition coefficient (Wildman–Crippen LogP) is 5.84. The van der Waals surface area contributed by atoms with Crippen LogP contribution in [0, 0.1) is 11.8 Å². The largest absolute Gasteiger partial charge is 0.497 e. The van der Waals surface area contributed by atoms with E-state index >= 15 is 0 Å². The van der Waals surface area contributed by atoms with Gasteiger partial charge in [-0.2, -0.15) is 0 Å². The lowest BCUT2D eigenvalue weighted by molar-refractivity contribution is -0.137. The average molecular weight is 482 g/mol. The summed E-state index contributed by atoms with van der Waals surface area (Å²) in [5.74, 6) is 2.04. The number of anilines is 1. The number of hydrogen-bond acceptors (Lipinski definition) is 5. The highest BCUT2D eigenvalue weighted by Crippen LogP contribution is 2.45. The number of carboxylic acid groups (broad SMARTS) is 1. The monoisotopic (exact) mass is 481 g/mol. The van der Waals surface area contributed by atoms with Crippen molar-refractivity contribution in [3.63, 3.8) is 0 Å². The minimum absolute atomic E-state index is 0.0905. The van der Waals surface area contributed by atoms with E-state index in [2.05, 4.69) is 36.9 Å². The first-order valence-corrected chi connectivity index (χ1v) is 12.7. The van der Waals surface area contributed by atoms with Crippen LogP contribution in [0.4, 0.5) is 5.69 Å². The van der Waals surface area contributed by atoms with Crippen molar-refractivity contribution in [1.29, 1.82) is 0 Å². The highest BCUT2D eigenvalue weighted by atomic mass is 16.5. The molecule has 0 radical (unpaired) electrons. The molecule has 1 saturated carbocycles. The number of carboxylic acids is 1. The Morgan fingerprint density at radius 3 is 2.43 bits per heavy atom. The fourth-order valence-corrected chi connectivity index (χ4v) is 5.15. The number of carbonyl (C=O) groups is 1. The van der Waals surface area contributed by atoms with E-state index in [0.717, 1.165) is 55.8 Å². The van der Waals surface area contributed by atoms with Gasteiger partial charge in [0.1, 0.15) is 11.5 Å². The van der Waals surface area contributed by atoms with Gasteiger partial charge in [-0.05, 0) is 81.0 Å². The molecule has 1 aliphatic heterocycles. The number of rotatable bonds is 11. The zero-order chi connectivity index (χ0) is 25.0. The van der Waals surface area contributed by atoms with Crippen molar-refractivity contribution >= 4 is 11.7 Å². The maximum absolute atomic E-state index is 11.3. The Kier molecular flexibility index (Phi) is 7.90. The molecule has 0 spiro atoms.